The summed E-state index contributed by atoms with van der Waals surface area (Å²) in [7, 11) is 0. The van der Waals surface area contributed by atoms with Gasteiger partial charge in [-0.2, -0.15) is 0 Å². The van der Waals surface area contributed by atoms with Crippen LogP contribution < -0.4 is 10.6 Å². The van der Waals surface area contributed by atoms with Crippen molar-refractivity contribution in [3.05, 3.63) is 34.9 Å². The first-order chi connectivity index (χ1) is 9.29. The Morgan fingerprint density at radius 2 is 1.60 bits per heavy atom. The molecule has 0 aromatic heterocycles. The van der Waals surface area contributed by atoms with E-state index in [2.05, 4.69) is 10.6 Å². The number of hydrogen-bond donors (Lipinski definition) is 2. The molecule has 1 aromatic rings. The maximum atomic E-state index is 12.0. The smallest absolute Gasteiger partial charge is 0.251 e. The van der Waals surface area contributed by atoms with Crippen LogP contribution in [0.4, 0.5) is 0 Å². The Morgan fingerprint density at radius 3 is 2.10 bits per heavy atom. The van der Waals surface area contributed by atoms with Crippen molar-refractivity contribution < 1.29 is 9.59 Å². The second-order valence-corrected chi connectivity index (χ2v) is 5.66. The highest BCUT2D eigenvalue weighted by Gasteiger charge is 2.12. The number of amides is 2. The van der Waals surface area contributed by atoms with Gasteiger partial charge in [0.2, 0.25) is 5.91 Å². The molecule has 110 valence electrons. The van der Waals surface area contributed by atoms with E-state index >= 15 is 0 Å². The molecule has 0 spiro atoms. The first kappa shape index (κ1) is 16.2. The number of hydrogen-bond acceptors (Lipinski definition) is 2. The van der Waals surface area contributed by atoms with Crippen LogP contribution in [-0.4, -0.2) is 24.4 Å². The van der Waals surface area contributed by atoms with Crippen LogP contribution in [0.3, 0.4) is 0 Å². The van der Waals surface area contributed by atoms with Gasteiger partial charge in [0.15, 0.2) is 0 Å². The molecule has 2 N–H and O–H groups in total. The molecule has 0 aliphatic heterocycles. The minimum Gasteiger partial charge on any atom is -0.352 e. The third-order valence-corrected chi connectivity index (χ3v) is 3.28. The number of rotatable bonds is 5. The van der Waals surface area contributed by atoms with Crippen LogP contribution >= 0.6 is 0 Å². The van der Waals surface area contributed by atoms with Gasteiger partial charge >= 0.3 is 0 Å². The molecule has 0 radical (unpaired) electrons. The lowest BCUT2D eigenvalue weighted by Crippen LogP contribution is -2.42. The Labute approximate surface area is 121 Å². The maximum Gasteiger partial charge on any atom is 0.251 e. The second kappa shape index (κ2) is 7.08. The summed E-state index contributed by atoms with van der Waals surface area (Å²) in [6.07, 6.45) is 0. The lowest BCUT2D eigenvalue weighted by atomic mass is 10.1. The first-order valence-corrected chi connectivity index (χ1v) is 6.95. The summed E-state index contributed by atoms with van der Waals surface area (Å²) >= 11 is 0. The lowest BCUT2D eigenvalue weighted by molar-refractivity contribution is -0.121. The molecule has 4 heteroatoms. The van der Waals surface area contributed by atoms with Crippen molar-refractivity contribution in [2.24, 2.45) is 5.92 Å². The Morgan fingerprint density at radius 1 is 1.05 bits per heavy atom. The van der Waals surface area contributed by atoms with Gasteiger partial charge in [-0.05, 0) is 38.8 Å². The fraction of sp³-hybridized carbons (Fsp3) is 0.500. The van der Waals surface area contributed by atoms with Crippen molar-refractivity contribution in [3.63, 3.8) is 0 Å². The van der Waals surface area contributed by atoms with E-state index in [1.807, 2.05) is 52.8 Å². The van der Waals surface area contributed by atoms with E-state index < -0.39 is 0 Å². The van der Waals surface area contributed by atoms with Gasteiger partial charge in [-0.1, -0.05) is 31.0 Å². The topological polar surface area (TPSA) is 58.2 Å². The van der Waals surface area contributed by atoms with Crippen LogP contribution in [0, 0.1) is 19.8 Å². The Balaban J connectivity index is 2.53. The molecule has 4 nitrogen and oxygen atoms in total. The van der Waals surface area contributed by atoms with Gasteiger partial charge in [0.05, 0.1) is 6.54 Å². The average molecular weight is 276 g/mol. The van der Waals surface area contributed by atoms with Crippen LogP contribution in [-0.2, 0) is 4.79 Å². The first-order valence-electron chi connectivity index (χ1n) is 6.95. The molecule has 0 aliphatic rings. The van der Waals surface area contributed by atoms with Crippen molar-refractivity contribution >= 4 is 11.8 Å². The van der Waals surface area contributed by atoms with Crippen molar-refractivity contribution in [1.29, 1.82) is 0 Å². The summed E-state index contributed by atoms with van der Waals surface area (Å²) < 4.78 is 0. The zero-order valence-electron chi connectivity index (χ0n) is 12.9. The van der Waals surface area contributed by atoms with E-state index in [-0.39, 0.29) is 24.4 Å². The minimum absolute atomic E-state index is 0.00286. The summed E-state index contributed by atoms with van der Waals surface area (Å²) in [5.74, 6) is -0.0119. The van der Waals surface area contributed by atoms with Crippen LogP contribution in [0.2, 0.25) is 0 Å². The predicted octanol–water partition coefficient (Wildman–Crippen LogP) is 2.19. The van der Waals surface area contributed by atoms with Crippen LogP contribution in [0.1, 0.15) is 42.3 Å². The Hall–Kier alpha value is -1.84. The molecule has 1 aromatic carbocycles. The third kappa shape index (κ3) is 5.03. The molecule has 1 unspecified atom stereocenters. The summed E-state index contributed by atoms with van der Waals surface area (Å²) in [5, 5.41) is 5.50. The lowest BCUT2D eigenvalue weighted by Gasteiger charge is -2.17. The highest BCUT2D eigenvalue weighted by atomic mass is 16.2. The summed E-state index contributed by atoms with van der Waals surface area (Å²) in [4.78, 5) is 23.7. The van der Waals surface area contributed by atoms with E-state index in [1.165, 1.54) is 0 Å². The van der Waals surface area contributed by atoms with E-state index in [9.17, 15) is 9.59 Å². The minimum atomic E-state index is -0.218. The molecule has 0 saturated carbocycles. The van der Waals surface area contributed by atoms with Crippen LogP contribution in [0.25, 0.3) is 0 Å². The molecule has 0 bridgehead atoms. The van der Waals surface area contributed by atoms with E-state index in [0.29, 0.717) is 11.5 Å². The standard InChI is InChI=1S/C16H24N2O2/c1-10(2)13(5)18-15(19)9-17-16(20)14-7-11(3)6-12(4)8-14/h6-8,10,13H,9H2,1-5H3,(H,17,20)(H,18,19). The monoisotopic (exact) mass is 276 g/mol. The van der Waals surface area contributed by atoms with E-state index in [4.69, 9.17) is 0 Å². The van der Waals surface area contributed by atoms with Gasteiger partial charge in [-0.3, -0.25) is 9.59 Å². The molecular formula is C16H24N2O2. The van der Waals surface area contributed by atoms with Crippen LogP contribution in [0.5, 0.6) is 0 Å². The van der Waals surface area contributed by atoms with Gasteiger partial charge in [-0.25, -0.2) is 0 Å². The normalized spacial score (nSPS) is 12.1. The van der Waals surface area contributed by atoms with Crippen molar-refractivity contribution in [2.45, 2.75) is 40.7 Å². The molecule has 2 amide bonds. The number of carbonyl (C=O) groups excluding carboxylic acids is 2. The Kier molecular flexibility index (Phi) is 5.74. The fourth-order valence-corrected chi connectivity index (χ4v) is 1.84. The molecule has 0 saturated heterocycles. The highest BCUT2D eigenvalue weighted by molar-refractivity contribution is 5.96. The molecular weight excluding hydrogens is 252 g/mol. The number of carbonyl (C=O) groups is 2. The van der Waals surface area contributed by atoms with Gasteiger partial charge in [0, 0.05) is 11.6 Å². The Bertz CT molecular complexity index is 475. The zero-order chi connectivity index (χ0) is 15.3. The molecule has 20 heavy (non-hydrogen) atoms. The number of aryl methyl sites for hydroxylation is 2. The molecule has 0 aliphatic carbocycles. The second-order valence-electron chi connectivity index (χ2n) is 5.66. The van der Waals surface area contributed by atoms with E-state index in [0.717, 1.165) is 11.1 Å². The van der Waals surface area contributed by atoms with Gasteiger partial charge in [0.1, 0.15) is 0 Å². The molecule has 1 rings (SSSR count). The maximum absolute atomic E-state index is 12.0. The number of nitrogens with one attached hydrogen (secondary N) is 2. The van der Waals surface area contributed by atoms with Crippen LogP contribution in [0.15, 0.2) is 18.2 Å². The molecule has 0 fully saturated rings. The van der Waals surface area contributed by atoms with Crippen molar-refractivity contribution in [2.75, 3.05) is 6.54 Å². The summed E-state index contributed by atoms with van der Waals surface area (Å²) in [5.41, 5.74) is 2.66. The number of benzene rings is 1. The largest absolute Gasteiger partial charge is 0.352 e. The van der Waals surface area contributed by atoms with Crippen molar-refractivity contribution in [3.8, 4) is 0 Å². The predicted molar refractivity (Wildman–Crippen MR) is 80.7 cm³/mol. The SMILES string of the molecule is Cc1cc(C)cc(C(=O)NCC(=O)NC(C)C(C)C)c1. The van der Waals surface area contributed by atoms with Gasteiger partial charge in [-0.15, -0.1) is 0 Å². The summed E-state index contributed by atoms with van der Waals surface area (Å²) in [6.45, 7) is 9.93. The quantitative estimate of drug-likeness (QED) is 0.866. The average Bonchev–Trinajstić information content (AvgIpc) is 2.34. The van der Waals surface area contributed by atoms with E-state index in [1.54, 1.807) is 0 Å². The zero-order valence-corrected chi connectivity index (χ0v) is 12.9. The third-order valence-electron chi connectivity index (χ3n) is 3.28. The van der Waals surface area contributed by atoms with Gasteiger partial charge < -0.3 is 10.6 Å². The van der Waals surface area contributed by atoms with Gasteiger partial charge in [0.25, 0.3) is 5.91 Å². The molecule has 1 atom stereocenters. The van der Waals surface area contributed by atoms with Crippen molar-refractivity contribution in [1.82, 2.24) is 10.6 Å². The molecule has 0 heterocycles. The fourth-order valence-electron chi connectivity index (χ4n) is 1.84. The highest BCUT2D eigenvalue weighted by Crippen LogP contribution is 2.08. The summed E-state index contributed by atoms with van der Waals surface area (Å²) in [6, 6.07) is 5.74.